The lowest BCUT2D eigenvalue weighted by molar-refractivity contribution is -0.121. The molecule has 0 aliphatic carbocycles. The van der Waals surface area contributed by atoms with Gasteiger partial charge in [-0.2, -0.15) is 4.98 Å². The first-order chi connectivity index (χ1) is 14.1. The monoisotopic (exact) mass is 389 g/mol. The fourth-order valence-electron chi connectivity index (χ4n) is 3.56. The number of fused-ring (bicyclic) bond motifs is 1. The molecule has 1 N–H and O–H groups in total. The number of halogens is 1. The first kappa shape index (κ1) is 17.3. The van der Waals surface area contributed by atoms with Crippen molar-refractivity contribution in [3.8, 4) is 0 Å². The Labute approximate surface area is 165 Å². The molecule has 1 unspecified atom stereocenters. The number of carbonyl (C=O) groups excluding carboxylic acids is 2. The Balaban J connectivity index is 1.61. The second kappa shape index (κ2) is 6.66. The van der Waals surface area contributed by atoms with Gasteiger partial charge >= 0.3 is 0 Å². The van der Waals surface area contributed by atoms with E-state index in [2.05, 4.69) is 15.4 Å². The van der Waals surface area contributed by atoms with Gasteiger partial charge in [0, 0.05) is 18.5 Å². The largest absolute Gasteiger partial charge is 0.324 e. The Kier molecular flexibility index (Phi) is 3.97. The van der Waals surface area contributed by atoms with Crippen LogP contribution in [0, 0.1) is 5.82 Å². The number of nitrogens with zero attached hydrogens (tertiary/aromatic N) is 4. The van der Waals surface area contributed by atoms with Crippen molar-refractivity contribution in [2.24, 2.45) is 0 Å². The highest BCUT2D eigenvalue weighted by Gasteiger charge is 2.35. The van der Waals surface area contributed by atoms with Gasteiger partial charge in [0.15, 0.2) is 0 Å². The SMILES string of the molecule is O=C1CCC(=O)N1c1nc2n(n1)C(c1ccc(F)cc1)C=C(c1ccccc1)N2. The molecule has 144 valence electrons. The fraction of sp³-hybridized carbons (Fsp3) is 0.143. The van der Waals surface area contributed by atoms with Crippen LogP contribution in [0.3, 0.4) is 0 Å². The molecule has 5 rings (SSSR count). The second-order valence-corrected chi connectivity index (χ2v) is 6.87. The molecular formula is C21H16FN5O2. The van der Waals surface area contributed by atoms with E-state index in [0.717, 1.165) is 21.7 Å². The number of hydrogen-bond donors (Lipinski definition) is 1. The molecule has 0 saturated carbocycles. The number of allylic oxidation sites excluding steroid dienone is 1. The molecule has 2 aliphatic rings. The number of aromatic nitrogens is 3. The van der Waals surface area contributed by atoms with E-state index in [-0.39, 0.29) is 42.5 Å². The van der Waals surface area contributed by atoms with Crippen molar-refractivity contribution < 1.29 is 14.0 Å². The van der Waals surface area contributed by atoms with Crippen LogP contribution in [0.15, 0.2) is 60.7 Å². The highest BCUT2D eigenvalue weighted by molar-refractivity contribution is 6.18. The average molecular weight is 389 g/mol. The molecule has 3 heterocycles. The van der Waals surface area contributed by atoms with Crippen molar-refractivity contribution in [2.45, 2.75) is 18.9 Å². The molecule has 0 bridgehead atoms. The third kappa shape index (κ3) is 2.98. The summed E-state index contributed by atoms with van der Waals surface area (Å²) in [6.45, 7) is 0. The van der Waals surface area contributed by atoms with Gasteiger partial charge in [0.05, 0.1) is 0 Å². The molecule has 7 nitrogen and oxygen atoms in total. The lowest BCUT2D eigenvalue weighted by atomic mass is 10.0. The number of carbonyl (C=O) groups is 2. The van der Waals surface area contributed by atoms with E-state index in [9.17, 15) is 14.0 Å². The van der Waals surface area contributed by atoms with Crippen LogP contribution in [0.1, 0.15) is 30.0 Å². The van der Waals surface area contributed by atoms with Gasteiger partial charge in [-0.3, -0.25) is 9.59 Å². The summed E-state index contributed by atoms with van der Waals surface area (Å²) in [6.07, 6.45) is 2.28. The summed E-state index contributed by atoms with van der Waals surface area (Å²) in [5.41, 5.74) is 2.56. The summed E-state index contributed by atoms with van der Waals surface area (Å²) in [5.74, 6) is -0.499. The summed E-state index contributed by atoms with van der Waals surface area (Å²) >= 11 is 0. The number of nitrogens with one attached hydrogen (secondary N) is 1. The zero-order valence-corrected chi connectivity index (χ0v) is 15.2. The third-order valence-corrected chi connectivity index (χ3v) is 5.00. The first-order valence-corrected chi connectivity index (χ1v) is 9.22. The van der Waals surface area contributed by atoms with E-state index in [4.69, 9.17) is 0 Å². The van der Waals surface area contributed by atoms with Gasteiger partial charge < -0.3 is 5.32 Å². The van der Waals surface area contributed by atoms with Crippen LogP contribution in [0.25, 0.3) is 5.70 Å². The molecule has 1 aromatic heterocycles. The quantitative estimate of drug-likeness (QED) is 0.696. The standard InChI is InChI=1S/C21H16FN5O2/c22-15-8-6-14(7-9-15)17-12-16(13-4-2-1-3-5-13)23-20-24-21(25-27(17)20)26-18(28)10-11-19(26)29/h1-9,12,17H,10-11H2,(H,23,24,25). The highest BCUT2D eigenvalue weighted by Crippen LogP contribution is 2.34. The van der Waals surface area contributed by atoms with E-state index in [1.807, 2.05) is 36.4 Å². The Morgan fingerprint density at radius 3 is 2.34 bits per heavy atom. The van der Waals surface area contributed by atoms with Crippen LogP contribution in [0.5, 0.6) is 0 Å². The minimum absolute atomic E-state index is 0.0508. The number of imide groups is 1. The van der Waals surface area contributed by atoms with Crippen LogP contribution in [-0.2, 0) is 9.59 Å². The molecule has 2 aromatic carbocycles. The van der Waals surface area contributed by atoms with E-state index < -0.39 is 0 Å². The number of benzene rings is 2. The molecule has 8 heteroatoms. The van der Waals surface area contributed by atoms with E-state index in [1.54, 1.807) is 16.8 Å². The summed E-state index contributed by atoms with van der Waals surface area (Å²) in [4.78, 5) is 29.7. The van der Waals surface area contributed by atoms with Gasteiger partial charge in [0.1, 0.15) is 11.9 Å². The van der Waals surface area contributed by atoms with Gasteiger partial charge in [-0.15, -0.1) is 5.10 Å². The molecule has 3 aromatic rings. The first-order valence-electron chi connectivity index (χ1n) is 9.22. The van der Waals surface area contributed by atoms with Gasteiger partial charge in [-0.25, -0.2) is 14.0 Å². The number of amides is 2. The molecule has 0 spiro atoms. The van der Waals surface area contributed by atoms with Crippen LogP contribution in [-0.4, -0.2) is 26.6 Å². The zero-order chi connectivity index (χ0) is 20.0. The summed E-state index contributed by atoms with van der Waals surface area (Å²) in [7, 11) is 0. The van der Waals surface area contributed by atoms with Gasteiger partial charge in [0.25, 0.3) is 5.95 Å². The average Bonchev–Trinajstić information content (AvgIpc) is 3.30. The van der Waals surface area contributed by atoms with Gasteiger partial charge in [0.2, 0.25) is 17.8 Å². The van der Waals surface area contributed by atoms with Crippen LogP contribution < -0.4 is 10.2 Å². The predicted octanol–water partition coefficient (Wildman–Crippen LogP) is 3.13. The zero-order valence-electron chi connectivity index (χ0n) is 15.2. The molecule has 0 radical (unpaired) electrons. The maximum atomic E-state index is 13.4. The normalized spacial score (nSPS) is 18.4. The summed E-state index contributed by atoms with van der Waals surface area (Å²) < 4.78 is 15.0. The van der Waals surface area contributed by atoms with Crippen molar-refractivity contribution in [3.63, 3.8) is 0 Å². The lowest BCUT2D eigenvalue weighted by Crippen LogP contribution is -2.29. The summed E-state index contributed by atoms with van der Waals surface area (Å²) in [6, 6.07) is 15.5. The third-order valence-electron chi connectivity index (χ3n) is 5.00. The van der Waals surface area contributed by atoms with Crippen molar-refractivity contribution in [3.05, 3.63) is 77.6 Å². The Bertz CT molecular complexity index is 1120. The minimum Gasteiger partial charge on any atom is -0.324 e. The van der Waals surface area contributed by atoms with Crippen molar-refractivity contribution in [1.29, 1.82) is 0 Å². The van der Waals surface area contributed by atoms with Crippen LogP contribution in [0.2, 0.25) is 0 Å². The Hall–Kier alpha value is -3.81. The summed E-state index contributed by atoms with van der Waals surface area (Å²) in [5, 5.41) is 7.66. The van der Waals surface area contributed by atoms with E-state index in [0.29, 0.717) is 5.95 Å². The Morgan fingerprint density at radius 2 is 1.66 bits per heavy atom. The lowest BCUT2D eigenvalue weighted by Gasteiger charge is -2.24. The second-order valence-electron chi connectivity index (χ2n) is 6.87. The van der Waals surface area contributed by atoms with Crippen molar-refractivity contribution in [1.82, 2.24) is 14.8 Å². The minimum atomic E-state index is -0.379. The van der Waals surface area contributed by atoms with Gasteiger partial charge in [-0.1, -0.05) is 42.5 Å². The highest BCUT2D eigenvalue weighted by atomic mass is 19.1. The number of hydrogen-bond acceptors (Lipinski definition) is 5. The number of anilines is 2. The smallest absolute Gasteiger partial charge is 0.260 e. The van der Waals surface area contributed by atoms with E-state index in [1.165, 1.54) is 12.1 Å². The Morgan fingerprint density at radius 1 is 0.966 bits per heavy atom. The molecule has 1 fully saturated rings. The maximum absolute atomic E-state index is 13.4. The molecule has 1 atom stereocenters. The van der Waals surface area contributed by atoms with Gasteiger partial charge in [-0.05, 0) is 29.3 Å². The van der Waals surface area contributed by atoms with Crippen LogP contribution in [0.4, 0.5) is 16.3 Å². The maximum Gasteiger partial charge on any atom is 0.260 e. The molecule has 29 heavy (non-hydrogen) atoms. The predicted molar refractivity (Wildman–Crippen MR) is 104 cm³/mol. The van der Waals surface area contributed by atoms with Crippen molar-refractivity contribution in [2.75, 3.05) is 10.2 Å². The number of rotatable bonds is 3. The van der Waals surface area contributed by atoms with E-state index >= 15 is 0 Å². The fourth-order valence-corrected chi connectivity index (χ4v) is 3.56. The van der Waals surface area contributed by atoms with Crippen LogP contribution >= 0.6 is 0 Å². The molecule has 2 aliphatic heterocycles. The van der Waals surface area contributed by atoms with Crippen molar-refractivity contribution >= 4 is 29.4 Å². The molecule has 1 saturated heterocycles. The molecular weight excluding hydrogens is 373 g/mol. The topological polar surface area (TPSA) is 80.1 Å². The molecule has 2 amide bonds.